The molecule has 1 atom stereocenters. The summed E-state index contributed by atoms with van der Waals surface area (Å²) < 4.78 is 20.1. The highest BCUT2D eigenvalue weighted by molar-refractivity contribution is 14.1. The maximum absolute atomic E-state index is 13.5. The highest BCUT2D eigenvalue weighted by atomic mass is 127. The normalized spacial score (nSPS) is 12.4. The average Bonchev–Trinajstić information content (AvgIpc) is 2.43. The smallest absolute Gasteiger partial charge is 0.128 e. The molecule has 0 spiro atoms. The minimum atomic E-state index is -0.231. The van der Waals surface area contributed by atoms with Crippen molar-refractivity contribution in [1.82, 2.24) is 0 Å². The SMILES string of the molecule is Fc1ccccc1COC(CI)c1ccc(Cl)cc1. The highest BCUT2D eigenvalue weighted by Crippen LogP contribution is 2.23. The Bertz CT molecular complexity index is 530. The Labute approximate surface area is 130 Å². The Morgan fingerprint density at radius 1 is 1.11 bits per heavy atom. The van der Waals surface area contributed by atoms with Crippen LogP contribution >= 0.6 is 34.2 Å². The summed E-state index contributed by atoms with van der Waals surface area (Å²) in [4.78, 5) is 0. The molecular weight excluding hydrogens is 378 g/mol. The van der Waals surface area contributed by atoms with Crippen LogP contribution in [0.2, 0.25) is 5.02 Å². The molecule has 0 aliphatic carbocycles. The molecule has 0 amide bonds. The van der Waals surface area contributed by atoms with E-state index in [-0.39, 0.29) is 18.5 Å². The van der Waals surface area contributed by atoms with E-state index in [9.17, 15) is 4.39 Å². The largest absolute Gasteiger partial charge is 0.368 e. The lowest BCUT2D eigenvalue weighted by Crippen LogP contribution is -2.06. The van der Waals surface area contributed by atoms with Crippen molar-refractivity contribution in [2.45, 2.75) is 12.7 Å². The fourth-order valence-electron chi connectivity index (χ4n) is 1.71. The van der Waals surface area contributed by atoms with E-state index >= 15 is 0 Å². The Balaban J connectivity index is 2.04. The molecule has 0 heterocycles. The second-order valence-corrected chi connectivity index (χ2v) is 5.41. The predicted octanol–water partition coefficient (Wildman–Crippen LogP) is 5.17. The summed E-state index contributed by atoms with van der Waals surface area (Å²) in [6.45, 7) is 0.267. The molecule has 0 saturated carbocycles. The van der Waals surface area contributed by atoms with Gasteiger partial charge in [0.1, 0.15) is 5.82 Å². The van der Waals surface area contributed by atoms with Gasteiger partial charge in [-0.15, -0.1) is 0 Å². The molecule has 100 valence electrons. The molecular formula is C15H13ClFIO. The summed E-state index contributed by atoms with van der Waals surface area (Å²) in [6, 6.07) is 14.2. The zero-order valence-corrected chi connectivity index (χ0v) is 13.1. The van der Waals surface area contributed by atoms with Gasteiger partial charge in [0, 0.05) is 15.0 Å². The van der Waals surface area contributed by atoms with Crippen molar-refractivity contribution >= 4 is 34.2 Å². The van der Waals surface area contributed by atoms with Crippen molar-refractivity contribution < 1.29 is 9.13 Å². The number of ether oxygens (including phenoxy) is 1. The van der Waals surface area contributed by atoms with Gasteiger partial charge in [0.05, 0.1) is 12.7 Å². The third kappa shape index (κ3) is 4.16. The van der Waals surface area contributed by atoms with Gasteiger partial charge in [-0.25, -0.2) is 4.39 Å². The van der Waals surface area contributed by atoms with E-state index in [1.807, 2.05) is 30.3 Å². The number of hydrogen-bond acceptors (Lipinski definition) is 1. The van der Waals surface area contributed by atoms with Crippen LogP contribution < -0.4 is 0 Å². The fraction of sp³-hybridized carbons (Fsp3) is 0.200. The molecule has 0 radical (unpaired) electrons. The number of hydrogen-bond donors (Lipinski definition) is 0. The van der Waals surface area contributed by atoms with Crippen molar-refractivity contribution in [2.75, 3.05) is 4.43 Å². The van der Waals surface area contributed by atoms with E-state index in [1.54, 1.807) is 12.1 Å². The van der Waals surface area contributed by atoms with Crippen LogP contribution in [0.5, 0.6) is 0 Å². The molecule has 4 heteroatoms. The van der Waals surface area contributed by atoms with Crippen LogP contribution in [0, 0.1) is 5.82 Å². The minimum absolute atomic E-state index is 0.0579. The Morgan fingerprint density at radius 2 is 1.79 bits per heavy atom. The van der Waals surface area contributed by atoms with Crippen LogP contribution in [-0.4, -0.2) is 4.43 Å². The van der Waals surface area contributed by atoms with Crippen LogP contribution in [0.15, 0.2) is 48.5 Å². The highest BCUT2D eigenvalue weighted by Gasteiger charge is 2.11. The van der Waals surface area contributed by atoms with E-state index < -0.39 is 0 Å². The van der Waals surface area contributed by atoms with Gasteiger partial charge in [-0.1, -0.05) is 64.5 Å². The first kappa shape index (κ1) is 14.8. The lowest BCUT2D eigenvalue weighted by atomic mass is 10.1. The first-order chi connectivity index (χ1) is 9.20. The number of alkyl halides is 1. The van der Waals surface area contributed by atoms with Gasteiger partial charge in [0.2, 0.25) is 0 Å². The van der Waals surface area contributed by atoms with Gasteiger partial charge < -0.3 is 4.74 Å². The van der Waals surface area contributed by atoms with Crippen LogP contribution in [0.3, 0.4) is 0 Å². The first-order valence-corrected chi connectivity index (χ1v) is 7.77. The van der Waals surface area contributed by atoms with E-state index in [0.29, 0.717) is 10.6 Å². The molecule has 1 nitrogen and oxygen atoms in total. The quantitative estimate of drug-likeness (QED) is 0.505. The molecule has 0 saturated heterocycles. The Kier molecular flexibility index (Phi) is 5.60. The molecule has 1 unspecified atom stereocenters. The summed E-state index contributed by atoms with van der Waals surface area (Å²) in [6.07, 6.45) is -0.0579. The van der Waals surface area contributed by atoms with E-state index in [1.165, 1.54) is 6.07 Å². The molecule has 2 aromatic rings. The minimum Gasteiger partial charge on any atom is -0.368 e. The number of rotatable bonds is 5. The van der Waals surface area contributed by atoms with Crippen molar-refractivity contribution in [3.8, 4) is 0 Å². The van der Waals surface area contributed by atoms with Gasteiger partial charge in [-0.3, -0.25) is 0 Å². The summed E-state index contributed by atoms with van der Waals surface area (Å²) in [5, 5.41) is 0.699. The summed E-state index contributed by atoms with van der Waals surface area (Å²) in [5.41, 5.74) is 1.63. The van der Waals surface area contributed by atoms with E-state index in [2.05, 4.69) is 22.6 Å². The van der Waals surface area contributed by atoms with E-state index in [4.69, 9.17) is 16.3 Å². The van der Waals surface area contributed by atoms with Gasteiger partial charge in [-0.05, 0) is 23.8 Å². The molecule has 0 aliphatic rings. The monoisotopic (exact) mass is 390 g/mol. The standard InChI is InChI=1S/C15H13ClFIO/c16-13-7-5-11(6-8-13)15(9-18)19-10-12-3-1-2-4-14(12)17/h1-8,15H,9-10H2. The Hall–Kier alpha value is -0.650. The summed E-state index contributed by atoms with van der Waals surface area (Å²) in [5.74, 6) is -0.231. The summed E-state index contributed by atoms with van der Waals surface area (Å²) in [7, 11) is 0. The van der Waals surface area contributed by atoms with Crippen molar-refractivity contribution in [3.63, 3.8) is 0 Å². The number of benzene rings is 2. The van der Waals surface area contributed by atoms with Gasteiger partial charge >= 0.3 is 0 Å². The molecule has 0 aromatic heterocycles. The molecule has 2 aromatic carbocycles. The fourth-order valence-corrected chi connectivity index (χ4v) is 2.60. The van der Waals surface area contributed by atoms with Gasteiger partial charge in [0.25, 0.3) is 0 Å². The summed E-state index contributed by atoms with van der Waals surface area (Å²) >= 11 is 8.12. The first-order valence-electron chi connectivity index (χ1n) is 5.87. The number of halogens is 3. The topological polar surface area (TPSA) is 9.23 Å². The maximum Gasteiger partial charge on any atom is 0.128 e. The lowest BCUT2D eigenvalue weighted by molar-refractivity contribution is 0.0560. The lowest BCUT2D eigenvalue weighted by Gasteiger charge is -2.16. The zero-order chi connectivity index (χ0) is 13.7. The average molecular weight is 391 g/mol. The third-order valence-corrected chi connectivity index (χ3v) is 3.83. The predicted molar refractivity (Wildman–Crippen MR) is 84.3 cm³/mol. The Morgan fingerprint density at radius 3 is 2.42 bits per heavy atom. The van der Waals surface area contributed by atoms with Crippen molar-refractivity contribution in [1.29, 1.82) is 0 Å². The molecule has 0 fully saturated rings. The maximum atomic E-state index is 13.5. The van der Waals surface area contributed by atoms with Crippen molar-refractivity contribution in [3.05, 3.63) is 70.5 Å². The van der Waals surface area contributed by atoms with Crippen LogP contribution in [0.1, 0.15) is 17.2 Å². The molecule has 0 aliphatic heterocycles. The second-order valence-electron chi connectivity index (χ2n) is 4.10. The van der Waals surface area contributed by atoms with Crippen molar-refractivity contribution in [2.24, 2.45) is 0 Å². The zero-order valence-electron chi connectivity index (χ0n) is 10.2. The van der Waals surface area contributed by atoms with Gasteiger partial charge in [0.15, 0.2) is 0 Å². The van der Waals surface area contributed by atoms with Gasteiger partial charge in [-0.2, -0.15) is 0 Å². The third-order valence-electron chi connectivity index (χ3n) is 2.78. The molecule has 0 N–H and O–H groups in total. The van der Waals surface area contributed by atoms with Crippen LogP contribution in [-0.2, 0) is 11.3 Å². The van der Waals surface area contributed by atoms with Crippen LogP contribution in [0.25, 0.3) is 0 Å². The molecule has 2 rings (SSSR count). The van der Waals surface area contributed by atoms with Crippen LogP contribution in [0.4, 0.5) is 4.39 Å². The second kappa shape index (κ2) is 7.22. The molecule has 19 heavy (non-hydrogen) atoms. The van der Waals surface area contributed by atoms with E-state index in [0.717, 1.165) is 9.99 Å². The molecule has 0 bridgehead atoms.